The fourth-order valence-corrected chi connectivity index (χ4v) is 1.68. The van der Waals surface area contributed by atoms with Gasteiger partial charge in [0.05, 0.1) is 10.0 Å². The van der Waals surface area contributed by atoms with Crippen LogP contribution in [0.1, 0.15) is 20.8 Å². The van der Waals surface area contributed by atoms with E-state index in [0.29, 0.717) is 28.3 Å². The largest absolute Gasteiger partial charge is 0.357 e. The van der Waals surface area contributed by atoms with Gasteiger partial charge in [-0.2, -0.15) is 0 Å². The SMILES string of the molecule is CC(C)CNC(=O)C(C)Nc1ncc(Cl)cc1Cl. The molecule has 0 aliphatic rings. The summed E-state index contributed by atoms with van der Waals surface area (Å²) in [6.07, 6.45) is 1.48. The van der Waals surface area contributed by atoms with Crippen molar-refractivity contribution in [3.63, 3.8) is 0 Å². The van der Waals surface area contributed by atoms with Crippen molar-refractivity contribution >= 4 is 34.9 Å². The molecule has 1 aromatic heterocycles. The topological polar surface area (TPSA) is 54.0 Å². The van der Waals surface area contributed by atoms with Crippen LogP contribution in [0.15, 0.2) is 12.3 Å². The molecule has 0 saturated heterocycles. The molecule has 1 heterocycles. The van der Waals surface area contributed by atoms with E-state index < -0.39 is 6.04 Å². The number of anilines is 1. The molecule has 100 valence electrons. The molecule has 0 aliphatic carbocycles. The molecule has 0 fully saturated rings. The Balaban J connectivity index is 2.58. The number of amides is 1. The highest BCUT2D eigenvalue weighted by Crippen LogP contribution is 2.22. The van der Waals surface area contributed by atoms with Gasteiger partial charge in [0.1, 0.15) is 11.9 Å². The average Bonchev–Trinajstić information content (AvgIpc) is 2.29. The first-order valence-electron chi connectivity index (χ1n) is 5.75. The Morgan fingerprint density at radius 3 is 2.61 bits per heavy atom. The van der Waals surface area contributed by atoms with Crippen LogP contribution in [0.2, 0.25) is 10.0 Å². The van der Waals surface area contributed by atoms with E-state index >= 15 is 0 Å². The summed E-state index contributed by atoms with van der Waals surface area (Å²) in [7, 11) is 0. The average molecular weight is 290 g/mol. The molecule has 0 saturated carbocycles. The van der Waals surface area contributed by atoms with Crippen molar-refractivity contribution in [1.29, 1.82) is 0 Å². The highest BCUT2D eigenvalue weighted by atomic mass is 35.5. The minimum atomic E-state index is -0.407. The molecular weight excluding hydrogens is 273 g/mol. The third kappa shape index (κ3) is 4.70. The number of rotatable bonds is 5. The number of aromatic nitrogens is 1. The predicted molar refractivity (Wildman–Crippen MR) is 75.2 cm³/mol. The van der Waals surface area contributed by atoms with Crippen LogP contribution in [-0.4, -0.2) is 23.5 Å². The van der Waals surface area contributed by atoms with Crippen LogP contribution in [-0.2, 0) is 4.79 Å². The molecule has 4 nitrogen and oxygen atoms in total. The van der Waals surface area contributed by atoms with E-state index in [9.17, 15) is 4.79 Å². The molecule has 0 bridgehead atoms. The van der Waals surface area contributed by atoms with Crippen molar-refractivity contribution in [3.05, 3.63) is 22.3 Å². The third-order valence-corrected chi connectivity index (χ3v) is 2.73. The first-order chi connectivity index (χ1) is 8.40. The molecule has 2 N–H and O–H groups in total. The van der Waals surface area contributed by atoms with Crippen LogP contribution in [0, 0.1) is 5.92 Å². The molecule has 6 heteroatoms. The smallest absolute Gasteiger partial charge is 0.242 e. The quantitative estimate of drug-likeness (QED) is 0.876. The molecule has 0 aliphatic heterocycles. The lowest BCUT2D eigenvalue weighted by Gasteiger charge is -2.16. The number of carbonyl (C=O) groups is 1. The fraction of sp³-hybridized carbons (Fsp3) is 0.500. The van der Waals surface area contributed by atoms with Gasteiger partial charge in [-0.3, -0.25) is 4.79 Å². The Morgan fingerprint density at radius 2 is 2.06 bits per heavy atom. The van der Waals surface area contributed by atoms with Crippen molar-refractivity contribution in [3.8, 4) is 0 Å². The van der Waals surface area contributed by atoms with E-state index in [1.54, 1.807) is 13.0 Å². The van der Waals surface area contributed by atoms with Crippen molar-refractivity contribution in [1.82, 2.24) is 10.3 Å². The summed E-state index contributed by atoms with van der Waals surface area (Å²) in [4.78, 5) is 15.8. The van der Waals surface area contributed by atoms with Crippen LogP contribution in [0.5, 0.6) is 0 Å². The molecular formula is C12H17Cl2N3O. The number of nitrogens with zero attached hydrogens (tertiary/aromatic N) is 1. The molecule has 1 atom stereocenters. The lowest BCUT2D eigenvalue weighted by Crippen LogP contribution is -2.39. The maximum absolute atomic E-state index is 11.8. The van der Waals surface area contributed by atoms with Crippen LogP contribution in [0.4, 0.5) is 5.82 Å². The third-order valence-electron chi connectivity index (χ3n) is 2.24. The summed E-state index contributed by atoms with van der Waals surface area (Å²) < 4.78 is 0. The Labute approximate surface area is 117 Å². The maximum atomic E-state index is 11.8. The number of carbonyl (C=O) groups excluding carboxylic acids is 1. The number of hydrogen-bond donors (Lipinski definition) is 2. The van der Waals surface area contributed by atoms with Crippen molar-refractivity contribution < 1.29 is 4.79 Å². The lowest BCUT2D eigenvalue weighted by atomic mass is 10.2. The second-order valence-electron chi connectivity index (χ2n) is 4.49. The molecule has 18 heavy (non-hydrogen) atoms. The summed E-state index contributed by atoms with van der Waals surface area (Å²) in [5.74, 6) is 0.781. The Kier molecular flexibility index (Phi) is 5.69. The van der Waals surface area contributed by atoms with E-state index in [0.717, 1.165) is 0 Å². The van der Waals surface area contributed by atoms with Gasteiger partial charge in [0, 0.05) is 12.7 Å². The second-order valence-corrected chi connectivity index (χ2v) is 5.33. The number of pyridine rings is 1. The summed E-state index contributed by atoms with van der Waals surface area (Å²) in [6, 6.07) is 1.17. The van der Waals surface area contributed by atoms with Crippen LogP contribution in [0.25, 0.3) is 0 Å². The van der Waals surface area contributed by atoms with Gasteiger partial charge < -0.3 is 10.6 Å². The van der Waals surface area contributed by atoms with Gasteiger partial charge in [0.15, 0.2) is 0 Å². The summed E-state index contributed by atoms with van der Waals surface area (Å²) in [6.45, 7) is 6.47. The van der Waals surface area contributed by atoms with E-state index in [1.165, 1.54) is 6.20 Å². The van der Waals surface area contributed by atoms with Gasteiger partial charge in [-0.05, 0) is 18.9 Å². The summed E-state index contributed by atoms with van der Waals surface area (Å²) in [5, 5.41) is 6.64. The molecule has 0 aromatic carbocycles. The zero-order valence-corrected chi connectivity index (χ0v) is 12.1. The number of hydrogen-bond acceptors (Lipinski definition) is 3. The van der Waals surface area contributed by atoms with Gasteiger partial charge in [0.2, 0.25) is 5.91 Å². The monoisotopic (exact) mass is 289 g/mol. The highest BCUT2D eigenvalue weighted by Gasteiger charge is 2.14. The lowest BCUT2D eigenvalue weighted by molar-refractivity contribution is -0.121. The number of nitrogens with one attached hydrogen (secondary N) is 2. The van der Waals surface area contributed by atoms with Crippen LogP contribution >= 0.6 is 23.2 Å². The van der Waals surface area contributed by atoms with Gasteiger partial charge >= 0.3 is 0 Å². The highest BCUT2D eigenvalue weighted by molar-refractivity contribution is 6.36. The molecule has 1 unspecified atom stereocenters. The fourth-order valence-electron chi connectivity index (χ4n) is 1.25. The van der Waals surface area contributed by atoms with Gasteiger partial charge in [-0.1, -0.05) is 37.0 Å². The van der Waals surface area contributed by atoms with E-state index in [-0.39, 0.29) is 5.91 Å². The Bertz CT molecular complexity index is 424. The predicted octanol–water partition coefficient (Wildman–Crippen LogP) is 2.96. The minimum Gasteiger partial charge on any atom is -0.357 e. The first-order valence-corrected chi connectivity index (χ1v) is 6.51. The standard InChI is InChI=1S/C12H17Cl2N3O/c1-7(2)5-16-12(18)8(3)17-11-10(14)4-9(13)6-15-11/h4,6-8H,5H2,1-3H3,(H,15,17)(H,16,18). The van der Waals surface area contributed by atoms with Gasteiger partial charge in [0.25, 0.3) is 0 Å². The molecule has 1 rings (SSSR count). The normalized spacial score (nSPS) is 12.3. The molecule has 1 aromatic rings. The Morgan fingerprint density at radius 1 is 1.39 bits per heavy atom. The zero-order chi connectivity index (χ0) is 13.7. The van der Waals surface area contributed by atoms with Crippen molar-refractivity contribution in [2.24, 2.45) is 5.92 Å². The Hall–Kier alpha value is -1.000. The van der Waals surface area contributed by atoms with Gasteiger partial charge in [-0.25, -0.2) is 4.98 Å². The first kappa shape index (κ1) is 15.1. The molecule has 1 amide bonds. The maximum Gasteiger partial charge on any atom is 0.242 e. The minimum absolute atomic E-state index is 0.0866. The summed E-state index contributed by atoms with van der Waals surface area (Å²) in [5.41, 5.74) is 0. The van der Waals surface area contributed by atoms with Crippen LogP contribution < -0.4 is 10.6 Å². The number of halogens is 2. The zero-order valence-electron chi connectivity index (χ0n) is 10.6. The summed E-state index contributed by atoms with van der Waals surface area (Å²) >= 11 is 11.7. The molecule has 0 spiro atoms. The van der Waals surface area contributed by atoms with Crippen molar-refractivity contribution in [2.45, 2.75) is 26.8 Å². The van der Waals surface area contributed by atoms with E-state index in [2.05, 4.69) is 15.6 Å². The van der Waals surface area contributed by atoms with Gasteiger partial charge in [-0.15, -0.1) is 0 Å². The van der Waals surface area contributed by atoms with Crippen molar-refractivity contribution in [2.75, 3.05) is 11.9 Å². The van der Waals surface area contributed by atoms with E-state index in [1.807, 2.05) is 13.8 Å². The van der Waals surface area contributed by atoms with Crippen LogP contribution in [0.3, 0.4) is 0 Å². The second kappa shape index (κ2) is 6.81. The molecule has 0 radical (unpaired) electrons. The van der Waals surface area contributed by atoms with E-state index in [4.69, 9.17) is 23.2 Å².